The van der Waals surface area contributed by atoms with Crippen LogP contribution in [0.1, 0.15) is 21.5 Å². The number of pyridine rings is 1. The molecule has 0 radical (unpaired) electrons. The number of aromatic nitrogens is 1. The molecule has 2 aromatic rings. The first kappa shape index (κ1) is 15.7. The zero-order chi connectivity index (χ0) is 17.2. The number of rotatable bonds is 1. The van der Waals surface area contributed by atoms with Gasteiger partial charge < -0.3 is 4.90 Å². The van der Waals surface area contributed by atoms with Gasteiger partial charge >= 0.3 is 0 Å². The lowest BCUT2D eigenvalue weighted by atomic mass is 10.1. The van der Waals surface area contributed by atoms with Crippen LogP contribution in [0.5, 0.6) is 0 Å². The summed E-state index contributed by atoms with van der Waals surface area (Å²) < 4.78 is 0.970. The van der Waals surface area contributed by atoms with Crippen molar-refractivity contribution in [1.82, 2.24) is 9.88 Å². The molecule has 2 aliphatic rings. The summed E-state index contributed by atoms with van der Waals surface area (Å²) in [7, 11) is 0. The summed E-state index contributed by atoms with van der Waals surface area (Å²) in [5.41, 5.74) is 2.42. The van der Waals surface area contributed by atoms with Crippen molar-refractivity contribution < 1.29 is 4.79 Å². The van der Waals surface area contributed by atoms with Gasteiger partial charge in [-0.1, -0.05) is 24.3 Å². The molecular weight excluding hydrogens is 380 g/mol. The summed E-state index contributed by atoms with van der Waals surface area (Å²) in [6.07, 6.45) is 8.96. The second kappa shape index (κ2) is 6.57. The molecule has 1 aromatic heterocycles. The van der Waals surface area contributed by atoms with Gasteiger partial charge in [0.05, 0.1) is 0 Å². The SMILES string of the molecule is O=C(N=C1N=C2C=CC(Br)=CN2Cc2ccccc21)c1ccncc1. The minimum atomic E-state index is -0.332. The Labute approximate surface area is 153 Å². The molecule has 25 heavy (non-hydrogen) atoms. The summed E-state index contributed by atoms with van der Waals surface area (Å²) >= 11 is 3.49. The lowest BCUT2D eigenvalue weighted by Crippen LogP contribution is -2.24. The van der Waals surface area contributed by atoms with Gasteiger partial charge in [0.15, 0.2) is 5.84 Å². The van der Waals surface area contributed by atoms with E-state index in [1.54, 1.807) is 24.5 Å². The predicted octanol–water partition coefficient (Wildman–Crippen LogP) is 3.69. The number of amidine groups is 2. The molecule has 0 spiro atoms. The molecule has 0 fully saturated rings. The highest BCUT2D eigenvalue weighted by Gasteiger charge is 2.21. The molecule has 1 aromatic carbocycles. The summed E-state index contributed by atoms with van der Waals surface area (Å²) in [5, 5.41) is 0. The third-order valence-electron chi connectivity index (χ3n) is 3.92. The van der Waals surface area contributed by atoms with Crippen LogP contribution >= 0.6 is 15.9 Å². The summed E-state index contributed by atoms with van der Waals surface area (Å²) in [4.78, 5) is 27.4. The molecular formula is C19H13BrN4O. The molecule has 0 atom stereocenters. The Morgan fingerprint density at radius 2 is 1.92 bits per heavy atom. The zero-order valence-electron chi connectivity index (χ0n) is 13.1. The smallest absolute Gasteiger partial charge is 0.279 e. The molecule has 6 heteroatoms. The molecule has 4 rings (SSSR count). The number of hydrogen-bond donors (Lipinski definition) is 0. The molecule has 122 valence electrons. The lowest BCUT2D eigenvalue weighted by Gasteiger charge is -2.21. The summed E-state index contributed by atoms with van der Waals surface area (Å²) in [6.45, 7) is 0.664. The van der Waals surface area contributed by atoms with Crippen LogP contribution in [0.2, 0.25) is 0 Å². The topological polar surface area (TPSA) is 57.9 Å². The fraction of sp³-hybridized carbons (Fsp3) is 0.0526. The van der Waals surface area contributed by atoms with E-state index >= 15 is 0 Å². The van der Waals surface area contributed by atoms with E-state index in [9.17, 15) is 4.79 Å². The average molecular weight is 393 g/mol. The molecule has 5 nitrogen and oxygen atoms in total. The first-order chi connectivity index (χ1) is 12.2. The molecule has 0 N–H and O–H groups in total. The van der Waals surface area contributed by atoms with Crippen molar-refractivity contribution in [3.05, 3.63) is 88.3 Å². The van der Waals surface area contributed by atoms with Crippen LogP contribution in [0, 0.1) is 0 Å². The number of allylic oxidation sites excluding steroid dienone is 2. The molecule has 0 aliphatic carbocycles. The Hall–Kier alpha value is -2.86. The number of halogens is 1. The highest BCUT2D eigenvalue weighted by atomic mass is 79.9. The van der Waals surface area contributed by atoms with Crippen LogP contribution in [-0.4, -0.2) is 27.5 Å². The number of carbonyl (C=O) groups excluding carboxylic acids is 1. The van der Waals surface area contributed by atoms with Gasteiger partial charge in [-0.2, -0.15) is 4.99 Å². The van der Waals surface area contributed by atoms with E-state index in [1.165, 1.54) is 0 Å². The molecule has 0 bridgehead atoms. The van der Waals surface area contributed by atoms with Crippen molar-refractivity contribution in [3.8, 4) is 0 Å². The van der Waals surface area contributed by atoms with Crippen LogP contribution in [0.25, 0.3) is 0 Å². The molecule has 1 amide bonds. The number of nitrogens with zero attached hydrogens (tertiary/aromatic N) is 4. The quantitative estimate of drug-likeness (QED) is 0.743. The molecule has 2 aliphatic heterocycles. The fourth-order valence-corrected chi connectivity index (χ4v) is 3.08. The molecule has 0 saturated carbocycles. The third-order valence-corrected chi connectivity index (χ3v) is 4.39. The summed E-state index contributed by atoms with van der Waals surface area (Å²) in [5.74, 6) is 0.841. The van der Waals surface area contributed by atoms with Gasteiger partial charge in [0.25, 0.3) is 5.91 Å². The fourth-order valence-electron chi connectivity index (χ4n) is 2.71. The third kappa shape index (κ3) is 3.21. The molecule has 0 saturated heterocycles. The molecule has 3 heterocycles. The second-order valence-electron chi connectivity index (χ2n) is 5.58. The van der Waals surface area contributed by atoms with Crippen molar-refractivity contribution in [1.29, 1.82) is 0 Å². The lowest BCUT2D eigenvalue weighted by molar-refractivity contribution is 0.100. The monoisotopic (exact) mass is 392 g/mol. The Morgan fingerprint density at radius 1 is 1.12 bits per heavy atom. The van der Waals surface area contributed by atoms with Crippen molar-refractivity contribution in [2.45, 2.75) is 6.54 Å². The van der Waals surface area contributed by atoms with Gasteiger partial charge in [-0.3, -0.25) is 9.78 Å². The van der Waals surface area contributed by atoms with Gasteiger partial charge in [-0.25, -0.2) is 4.99 Å². The Morgan fingerprint density at radius 3 is 2.76 bits per heavy atom. The van der Waals surface area contributed by atoms with E-state index in [0.717, 1.165) is 21.4 Å². The van der Waals surface area contributed by atoms with Crippen molar-refractivity contribution in [2.75, 3.05) is 0 Å². The standard InChI is InChI=1S/C19H13BrN4O/c20-15-5-6-17-22-18(23-19(25)13-7-9-21-10-8-13)16-4-2-1-3-14(16)11-24(17)12-15/h1-10,12H,11H2. The number of hydrogen-bond acceptors (Lipinski definition) is 3. The Balaban J connectivity index is 1.82. The zero-order valence-corrected chi connectivity index (χ0v) is 14.7. The van der Waals surface area contributed by atoms with Gasteiger partial charge in [-0.05, 0) is 45.8 Å². The summed E-state index contributed by atoms with van der Waals surface area (Å²) in [6, 6.07) is 11.2. The predicted molar refractivity (Wildman–Crippen MR) is 101 cm³/mol. The largest absolute Gasteiger partial charge is 0.327 e. The first-order valence-corrected chi connectivity index (χ1v) is 8.52. The van der Waals surface area contributed by atoms with Crippen LogP contribution in [-0.2, 0) is 6.54 Å². The maximum Gasteiger partial charge on any atom is 0.279 e. The van der Waals surface area contributed by atoms with Crippen molar-refractivity contribution in [3.63, 3.8) is 0 Å². The van der Waals surface area contributed by atoms with E-state index in [4.69, 9.17) is 0 Å². The van der Waals surface area contributed by atoms with Gasteiger partial charge in [-0.15, -0.1) is 0 Å². The number of benzene rings is 1. The van der Waals surface area contributed by atoms with Gasteiger partial charge in [0, 0.05) is 40.7 Å². The Bertz CT molecular complexity index is 960. The van der Waals surface area contributed by atoms with Crippen LogP contribution < -0.4 is 0 Å². The van der Waals surface area contributed by atoms with Crippen molar-refractivity contribution >= 4 is 33.5 Å². The second-order valence-corrected chi connectivity index (χ2v) is 6.49. The number of fused-ring (bicyclic) bond motifs is 2. The minimum Gasteiger partial charge on any atom is -0.327 e. The molecule has 0 unspecified atom stereocenters. The van der Waals surface area contributed by atoms with Crippen LogP contribution in [0.3, 0.4) is 0 Å². The number of aliphatic imine (C=N–C) groups is 2. The van der Waals surface area contributed by atoms with E-state index in [1.807, 2.05) is 47.5 Å². The van der Waals surface area contributed by atoms with Gasteiger partial charge in [0.2, 0.25) is 0 Å². The van der Waals surface area contributed by atoms with Crippen LogP contribution in [0.4, 0.5) is 0 Å². The van der Waals surface area contributed by atoms with Crippen molar-refractivity contribution in [2.24, 2.45) is 9.98 Å². The number of amides is 1. The average Bonchev–Trinajstić information content (AvgIpc) is 2.79. The minimum absolute atomic E-state index is 0.332. The maximum atomic E-state index is 12.5. The highest BCUT2D eigenvalue weighted by molar-refractivity contribution is 9.11. The van der Waals surface area contributed by atoms with E-state index in [2.05, 4.69) is 30.9 Å². The normalized spacial score (nSPS) is 17.3. The number of carbonyl (C=O) groups is 1. The Kier molecular flexibility index (Phi) is 4.11. The maximum absolute atomic E-state index is 12.5. The highest BCUT2D eigenvalue weighted by Crippen LogP contribution is 2.23. The van der Waals surface area contributed by atoms with E-state index in [0.29, 0.717) is 17.9 Å². The van der Waals surface area contributed by atoms with E-state index < -0.39 is 0 Å². The first-order valence-electron chi connectivity index (χ1n) is 7.73. The van der Waals surface area contributed by atoms with Gasteiger partial charge in [0.1, 0.15) is 5.84 Å². The van der Waals surface area contributed by atoms with Crippen LogP contribution in [0.15, 0.2) is 81.6 Å². The van der Waals surface area contributed by atoms with E-state index in [-0.39, 0.29) is 5.91 Å².